The van der Waals surface area contributed by atoms with E-state index in [0.717, 1.165) is 31.4 Å². The highest BCUT2D eigenvalue weighted by molar-refractivity contribution is 7.99. The molecule has 0 unspecified atom stereocenters. The van der Waals surface area contributed by atoms with E-state index in [9.17, 15) is 9.18 Å². The van der Waals surface area contributed by atoms with Crippen molar-refractivity contribution in [3.05, 3.63) is 29.6 Å². The molecule has 0 spiro atoms. The van der Waals surface area contributed by atoms with E-state index < -0.39 is 5.97 Å². The predicted octanol–water partition coefficient (Wildman–Crippen LogP) is 3.17. The topological polar surface area (TPSA) is 57.5 Å². The SMILES string of the molecule is O=C(O)c1ccc(F)c(SCCCCCCO)c1. The highest BCUT2D eigenvalue weighted by Gasteiger charge is 2.08. The first-order valence-electron chi connectivity index (χ1n) is 5.91. The summed E-state index contributed by atoms with van der Waals surface area (Å²) in [7, 11) is 0. The van der Waals surface area contributed by atoms with Gasteiger partial charge in [-0.2, -0.15) is 0 Å². The summed E-state index contributed by atoms with van der Waals surface area (Å²) in [4.78, 5) is 11.1. The van der Waals surface area contributed by atoms with Crippen LogP contribution in [0.5, 0.6) is 0 Å². The molecule has 0 atom stereocenters. The lowest BCUT2D eigenvalue weighted by Gasteiger charge is -2.04. The first-order valence-corrected chi connectivity index (χ1v) is 6.90. The first-order chi connectivity index (χ1) is 8.65. The van der Waals surface area contributed by atoms with E-state index in [0.29, 0.717) is 4.90 Å². The Balaban J connectivity index is 2.41. The first kappa shape index (κ1) is 15.0. The molecule has 0 aliphatic carbocycles. The number of carboxylic acids is 1. The van der Waals surface area contributed by atoms with E-state index in [2.05, 4.69) is 0 Å². The van der Waals surface area contributed by atoms with Gasteiger partial charge in [-0.15, -0.1) is 11.8 Å². The quantitative estimate of drug-likeness (QED) is 0.564. The molecule has 1 aromatic rings. The van der Waals surface area contributed by atoms with Gasteiger partial charge in [0.2, 0.25) is 0 Å². The van der Waals surface area contributed by atoms with Crippen LogP contribution in [-0.2, 0) is 0 Å². The van der Waals surface area contributed by atoms with Crippen molar-refractivity contribution >= 4 is 17.7 Å². The van der Waals surface area contributed by atoms with Crippen molar-refractivity contribution in [2.75, 3.05) is 12.4 Å². The summed E-state index contributed by atoms with van der Waals surface area (Å²) in [6, 6.07) is 3.83. The Labute approximate surface area is 110 Å². The Bertz CT molecular complexity index is 396. The third kappa shape index (κ3) is 5.06. The van der Waals surface area contributed by atoms with E-state index in [4.69, 9.17) is 10.2 Å². The number of aliphatic hydroxyl groups excluding tert-OH is 1. The third-order valence-corrected chi connectivity index (χ3v) is 3.60. The van der Waals surface area contributed by atoms with Gasteiger partial charge in [0.05, 0.1) is 5.56 Å². The van der Waals surface area contributed by atoms with Gasteiger partial charge in [-0.05, 0) is 36.8 Å². The van der Waals surface area contributed by atoms with Crippen molar-refractivity contribution in [1.29, 1.82) is 0 Å². The molecular formula is C13H17FO3S. The molecule has 5 heteroatoms. The molecule has 0 radical (unpaired) electrons. The van der Waals surface area contributed by atoms with Crippen LogP contribution in [0.4, 0.5) is 4.39 Å². The highest BCUT2D eigenvalue weighted by atomic mass is 32.2. The van der Waals surface area contributed by atoms with Crippen LogP contribution < -0.4 is 0 Å². The molecule has 0 aliphatic heterocycles. The number of hydrogen-bond donors (Lipinski definition) is 2. The fourth-order valence-electron chi connectivity index (χ4n) is 1.50. The average Bonchev–Trinajstić information content (AvgIpc) is 2.35. The minimum atomic E-state index is -1.04. The fraction of sp³-hybridized carbons (Fsp3) is 0.462. The number of carbonyl (C=O) groups is 1. The lowest BCUT2D eigenvalue weighted by Crippen LogP contribution is -1.97. The van der Waals surface area contributed by atoms with Gasteiger partial charge in [-0.1, -0.05) is 12.8 Å². The Morgan fingerprint density at radius 2 is 1.94 bits per heavy atom. The fourth-order valence-corrected chi connectivity index (χ4v) is 2.48. The van der Waals surface area contributed by atoms with Gasteiger partial charge in [0.25, 0.3) is 0 Å². The Hall–Kier alpha value is -1.07. The average molecular weight is 272 g/mol. The van der Waals surface area contributed by atoms with Crippen LogP contribution >= 0.6 is 11.8 Å². The summed E-state index contributed by atoms with van der Waals surface area (Å²) < 4.78 is 13.4. The normalized spacial score (nSPS) is 10.6. The van der Waals surface area contributed by atoms with Crippen molar-refractivity contribution in [3.8, 4) is 0 Å². The van der Waals surface area contributed by atoms with Crippen molar-refractivity contribution in [2.24, 2.45) is 0 Å². The van der Waals surface area contributed by atoms with Crippen molar-refractivity contribution < 1.29 is 19.4 Å². The molecule has 1 rings (SSSR count). The summed E-state index contributed by atoms with van der Waals surface area (Å²) in [5.41, 5.74) is 0.110. The molecule has 0 fully saturated rings. The summed E-state index contributed by atoms with van der Waals surface area (Å²) in [5.74, 6) is -0.661. The highest BCUT2D eigenvalue weighted by Crippen LogP contribution is 2.24. The summed E-state index contributed by atoms with van der Waals surface area (Å²) in [6.45, 7) is 0.211. The second kappa shape index (κ2) is 8.11. The van der Waals surface area contributed by atoms with Crippen LogP contribution in [0, 0.1) is 5.82 Å². The van der Waals surface area contributed by atoms with Crippen molar-refractivity contribution in [3.63, 3.8) is 0 Å². The molecule has 18 heavy (non-hydrogen) atoms. The zero-order valence-corrected chi connectivity index (χ0v) is 10.9. The Morgan fingerprint density at radius 3 is 2.61 bits per heavy atom. The monoisotopic (exact) mass is 272 g/mol. The van der Waals surface area contributed by atoms with Gasteiger partial charge in [0, 0.05) is 11.5 Å². The molecule has 1 aromatic carbocycles. The van der Waals surface area contributed by atoms with E-state index in [1.807, 2.05) is 0 Å². The van der Waals surface area contributed by atoms with Crippen molar-refractivity contribution in [2.45, 2.75) is 30.6 Å². The molecule has 0 aliphatic rings. The van der Waals surface area contributed by atoms with Crippen molar-refractivity contribution in [1.82, 2.24) is 0 Å². The molecular weight excluding hydrogens is 255 g/mol. The minimum Gasteiger partial charge on any atom is -0.478 e. The molecule has 2 N–H and O–H groups in total. The van der Waals surface area contributed by atoms with Gasteiger partial charge < -0.3 is 10.2 Å². The molecule has 0 amide bonds. The maximum Gasteiger partial charge on any atom is 0.335 e. The number of aliphatic hydroxyl groups is 1. The number of carboxylic acid groups (broad SMARTS) is 1. The smallest absolute Gasteiger partial charge is 0.335 e. The number of rotatable bonds is 8. The molecule has 0 saturated carbocycles. The third-order valence-electron chi connectivity index (χ3n) is 2.49. The van der Waals surface area contributed by atoms with Crippen LogP contribution in [0.25, 0.3) is 0 Å². The number of halogens is 1. The van der Waals surface area contributed by atoms with Crippen LogP contribution in [-0.4, -0.2) is 28.5 Å². The second-order valence-electron chi connectivity index (χ2n) is 3.94. The van der Waals surface area contributed by atoms with E-state index in [1.165, 1.54) is 30.0 Å². The van der Waals surface area contributed by atoms with Crippen LogP contribution in [0.3, 0.4) is 0 Å². The lowest BCUT2D eigenvalue weighted by atomic mass is 10.2. The molecule has 0 heterocycles. The van der Waals surface area contributed by atoms with Crippen LogP contribution in [0.1, 0.15) is 36.0 Å². The number of hydrogen-bond acceptors (Lipinski definition) is 3. The van der Waals surface area contributed by atoms with E-state index >= 15 is 0 Å². The summed E-state index contributed by atoms with van der Waals surface area (Å²) in [6.07, 6.45) is 3.69. The lowest BCUT2D eigenvalue weighted by molar-refractivity contribution is 0.0696. The molecule has 0 aromatic heterocycles. The van der Waals surface area contributed by atoms with E-state index in [1.54, 1.807) is 0 Å². The maximum atomic E-state index is 13.4. The van der Waals surface area contributed by atoms with Gasteiger partial charge in [0.1, 0.15) is 5.82 Å². The van der Waals surface area contributed by atoms with Crippen LogP contribution in [0.2, 0.25) is 0 Å². The van der Waals surface area contributed by atoms with Gasteiger partial charge in [-0.3, -0.25) is 0 Å². The largest absolute Gasteiger partial charge is 0.478 e. The van der Waals surface area contributed by atoms with Gasteiger partial charge >= 0.3 is 5.97 Å². The van der Waals surface area contributed by atoms with E-state index in [-0.39, 0.29) is 18.0 Å². The number of thioether (sulfide) groups is 1. The number of aromatic carboxylic acids is 1. The predicted molar refractivity (Wildman–Crippen MR) is 69.6 cm³/mol. The maximum absolute atomic E-state index is 13.4. The van der Waals surface area contributed by atoms with Gasteiger partial charge in [-0.25, -0.2) is 9.18 Å². The molecule has 0 saturated heterocycles. The Morgan fingerprint density at radius 1 is 1.22 bits per heavy atom. The van der Waals surface area contributed by atoms with Gasteiger partial charge in [0.15, 0.2) is 0 Å². The molecule has 3 nitrogen and oxygen atoms in total. The summed E-state index contributed by atoms with van der Waals surface area (Å²) >= 11 is 1.34. The zero-order valence-electron chi connectivity index (χ0n) is 10.1. The minimum absolute atomic E-state index is 0.110. The zero-order chi connectivity index (χ0) is 13.4. The Kier molecular flexibility index (Phi) is 6.75. The van der Waals surface area contributed by atoms with Crippen LogP contribution in [0.15, 0.2) is 23.1 Å². The summed E-state index contributed by atoms with van der Waals surface area (Å²) in [5, 5.41) is 17.4. The molecule has 0 bridgehead atoms. The number of unbranched alkanes of at least 4 members (excludes halogenated alkanes) is 3. The molecule has 100 valence electrons. The second-order valence-corrected chi connectivity index (χ2v) is 5.07. The number of benzene rings is 1. The standard InChI is InChI=1S/C13H17FO3S/c14-11-6-5-10(13(16)17)9-12(11)18-8-4-2-1-3-7-15/h5-6,9,15H,1-4,7-8H2,(H,16,17).